The molecule has 0 aliphatic heterocycles. The van der Waals surface area contributed by atoms with Gasteiger partial charge in [-0.2, -0.15) is 0 Å². The molecule has 2 aromatic rings. The Bertz CT molecular complexity index is 509. The molecule has 1 unspecified atom stereocenters. The summed E-state index contributed by atoms with van der Waals surface area (Å²) in [5.74, 6) is -0.375. The van der Waals surface area contributed by atoms with Crippen LogP contribution in [0.3, 0.4) is 0 Å². The highest BCUT2D eigenvalue weighted by molar-refractivity contribution is 9.11. The van der Waals surface area contributed by atoms with Crippen LogP contribution in [0.2, 0.25) is 0 Å². The van der Waals surface area contributed by atoms with Gasteiger partial charge in [-0.1, -0.05) is 17.7 Å². The van der Waals surface area contributed by atoms with Crippen molar-refractivity contribution in [3.8, 4) is 0 Å². The second-order valence-corrected chi connectivity index (χ2v) is 5.90. The molecule has 0 amide bonds. The van der Waals surface area contributed by atoms with E-state index in [0.29, 0.717) is 11.1 Å². The van der Waals surface area contributed by atoms with Gasteiger partial charge < -0.3 is 5.11 Å². The van der Waals surface area contributed by atoms with Crippen molar-refractivity contribution in [3.05, 3.63) is 55.9 Å². The van der Waals surface area contributed by atoms with Crippen molar-refractivity contribution >= 4 is 27.3 Å². The molecule has 1 aromatic heterocycles. The van der Waals surface area contributed by atoms with Gasteiger partial charge in [0.2, 0.25) is 0 Å². The number of benzene rings is 1. The normalized spacial score (nSPS) is 12.8. The van der Waals surface area contributed by atoms with Crippen LogP contribution in [-0.4, -0.2) is 5.11 Å². The largest absolute Gasteiger partial charge is 0.384 e. The fourth-order valence-corrected chi connectivity index (χ4v) is 2.71. The quantitative estimate of drug-likeness (QED) is 0.887. The Labute approximate surface area is 106 Å². The molecule has 1 atom stereocenters. The number of aliphatic hydroxyl groups excluding tert-OH is 1. The zero-order valence-corrected chi connectivity index (χ0v) is 11.0. The standard InChI is InChI=1S/C12H10BrFOS/c1-7-2-3-10(14)9(4-7)12(15)8-5-11(13)16-6-8/h2-6,12,15H,1H3. The van der Waals surface area contributed by atoms with Gasteiger partial charge in [-0.15, -0.1) is 11.3 Å². The van der Waals surface area contributed by atoms with Crippen molar-refractivity contribution in [1.82, 2.24) is 0 Å². The summed E-state index contributed by atoms with van der Waals surface area (Å²) in [4.78, 5) is 0. The zero-order valence-electron chi connectivity index (χ0n) is 8.58. The van der Waals surface area contributed by atoms with Gasteiger partial charge in [0.15, 0.2) is 0 Å². The summed E-state index contributed by atoms with van der Waals surface area (Å²) >= 11 is 4.79. The minimum atomic E-state index is -0.901. The lowest BCUT2D eigenvalue weighted by atomic mass is 10.0. The van der Waals surface area contributed by atoms with Crippen LogP contribution in [0, 0.1) is 12.7 Å². The first-order chi connectivity index (χ1) is 7.58. The number of aliphatic hydroxyl groups is 1. The molecule has 1 nitrogen and oxygen atoms in total. The summed E-state index contributed by atoms with van der Waals surface area (Å²) in [6.45, 7) is 1.87. The predicted octanol–water partition coefficient (Wildman–Crippen LogP) is 4.04. The maximum absolute atomic E-state index is 13.5. The minimum absolute atomic E-state index is 0.324. The smallest absolute Gasteiger partial charge is 0.129 e. The Balaban J connectivity index is 2.40. The first kappa shape index (κ1) is 11.8. The topological polar surface area (TPSA) is 20.2 Å². The molecular formula is C12H10BrFOS. The van der Waals surface area contributed by atoms with E-state index in [0.717, 1.165) is 9.35 Å². The highest BCUT2D eigenvalue weighted by Crippen LogP contribution is 2.30. The second kappa shape index (κ2) is 4.65. The van der Waals surface area contributed by atoms with E-state index < -0.39 is 6.10 Å². The Hall–Kier alpha value is -0.710. The van der Waals surface area contributed by atoms with Crippen LogP contribution in [0.5, 0.6) is 0 Å². The third kappa shape index (κ3) is 2.34. The lowest BCUT2D eigenvalue weighted by Crippen LogP contribution is -2.01. The van der Waals surface area contributed by atoms with Crippen molar-refractivity contribution < 1.29 is 9.50 Å². The zero-order chi connectivity index (χ0) is 11.7. The maximum Gasteiger partial charge on any atom is 0.129 e. The van der Waals surface area contributed by atoms with E-state index in [1.165, 1.54) is 17.4 Å². The Morgan fingerprint density at radius 2 is 2.12 bits per heavy atom. The molecule has 0 saturated carbocycles. The number of rotatable bonds is 2. The molecule has 84 valence electrons. The van der Waals surface area contributed by atoms with Gasteiger partial charge in [0, 0.05) is 5.56 Å². The van der Waals surface area contributed by atoms with Crippen LogP contribution in [0.15, 0.2) is 33.4 Å². The second-order valence-electron chi connectivity index (χ2n) is 3.61. The fraction of sp³-hybridized carbons (Fsp3) is 0.167. The summed E-state index contributed by atoms with van der Waals surface area (Å²) in [6.07, 6.45) is -0.901. The maximum atomic E-state index is 13.5. The van der Waals surface area contributed by atoms with Gasteiger partial charge in [-0.05, 0) is 45.9 Å². The van der Waals surface area contributed by atoms with E-state index in [-0.39, 0.29) is 5.82 Å². The lowest BCUT2D eigenvalue weighted by molar-refractivity contribution is 0.215. The minimum Gasteiger partial charge on any atom is -0.384 e. The molecule has 0 fully saturated rings. The van der Waals surface area contributed by atoms with Crippen LogP contribution >= 0.6 is 27.3 Å². The third-order valence-corrected chi connectivity index (χ3v) is 3.87. The summed E-state index contributed by atoms with van der Waals surface area (Å²) in [5, 5.41) is 11.9. The Morgan fingerprint density at radius 3 is 2.75 bits per heavy atom. The van der Waals surface area contributed by atoms with Gasteiger partial charge in [-0.25, -0.2) is 4.39 Å². The van der Waals surface area contributed by atoms with Crippen molar-refractivity contribution in [3.63, 3.8) is 0 Å². The number of hydrogen-bond acceptors (Lipinski definition) is 2. The van der Waals surface area contributed by atoms with Crippen molar-refractivity contribution in [1.29, 1.82) is 0 Å². The van der Waals surface area contributed by atoms with Crippen molar-refractivity contribution in [2.24, 2.45) is 0 Å². The average Bonchev–Trinajstić information content (AvgIpc) is 2.67. The molecule has 0 aliphatic rings. The van der Waals surface area contributed by atoms with Crippen LogP contribution in [0.1, 0.15) is 22.8 Å². The molecule has 1 heterocycles. The summed E-state index contributed by atoms with van der Waals surface area (Å²) < 4.78 is 14.5. The molecule has 1 aromatic carbocycles. The molecule has 0 saturated heterocycles. The average molecular weight is 301 g/mol. The van der Waals surface area contributed by atoms with Gasteiger partial charge in [0.05, 0.1) is 3.79 Å². The van der Waals surface area contributed by atoms with Gasteiger partial charge in [0.1, 0.15) is 11.9 Å². The number of halogens is 2. The molecule has 0 aliphatic carbocycles. The monoisotopic (exact) mass is 300 g/mol. The van der Waals surface area contributed by atoms with E-state index in [9.17, 15) is 9.50 Å². The summed E-state index contributed by atoms with van der Waals surface area (Å²) in [6, 6.07) is 6.55. The lowest BCUT2D eigenvalue weighted by Gasteiger charge is -2.11. The molecule has 16 heavy (non-hydrogen) atoms. The Kier molecular flexibility index (Phi) is 3.42. The van der Waals surface area contributed by atoms with Crippen LogP contribution in [0.4, 0.5) is 4.39 Å². The van der Waals surface area contributed by atoms with Crippen LogP contribution in [0.25, 0.3) is 0 Å². The first-order valence-corrected chi connectivity index (χ1v) is 6.43. The third-order valence-electron chi connectivity index (χ3n) is 2.35. The molecule has 2 rings (SSSR count). The summed E-state index contributed by atoms with van der Waals surface area (Å²) in [5.41, 5.74) is 1.97. The fourth-order valence-electron chi connectivity index (χ4n) is 1.52. The highest BCUT2D eigenvalue weighted by atomic mass is 79.9. The molecule has 0 bridgehead atoms. The molecule has 0 spiro atoms. The highest BCUT2D eigenvalue weighted by Gasteiger charge is 2.16. The van der Waals surface area contributed by atoms with E-state index in [4.69, 9.17) is 0 Å². The first-order valence-electron chi connectivity index (χ1n) is 4.76. The van der Waals surface area contributed by atoms with E-state index in [1.807, 2.05) is 12.3 Å². The van der Waals surface area contributed by atoms with Crippen molar-refractivity contribution in [2.45, 2.75) is 13.0 Å². The molecule has 0 radical (unpaired) electrons. The molecule has 1 N–H and O–H groups in total. The molecule has 4 heteroatoms. The summed E-state index contributed by atoms with van der Waals surface area (Å²) in [7, 11) is 0. The molecular weight excluding hydrogens is 291 g/mol. The van der Waals surface area contributed by atoms with Crippen LogP contribution < -0.4 is 0 Å². The van der Waals surface area contributed by atoms with Crippen LogP contribution in [-0.2, 0) is 0 Å². The van der Waals surface area contributed by atoms with Crippen molar-refractivity contribution in [2.75, 3.05) is 0 Å². The Morgan fingerprint density at radius 1 is 1.38 bits per heavy atom. The van der Waals surface area contributed by atoms with Gasteiger partial charge >= 0.3 is 0 Å². The SMILES string of the molecule is Cc1ccc(F)c(C(O)c2csc(Br)c2)c1. The predicted molar refractivity (Wildman–Crippen MR) is 67.2 cm³/mol. The number of aryl methyl sites for hydroxylation is 1. The van der Waals surface area contributed by atoms with Gasteiger partial charge in [-0.3, -0.25) is 0 Å². The van der Waals surface area contributed by atoms with E-state index in [1.54, 1.807) is 18.2 Å². The number of hydrogen-bond donors (Lipinski definition) is 1. The van der Waals surface area contributed by atoms with E-state index >= 15 is 0 Å². The number of thiophene rings is 1. The van der Waals surface area contributed by atoms with Gasteiger partial charge in [0.25, 0.3) is 0 Å². The van der Waals surface area contributed by atoms with E-state index in [2.05, 4.69) is 15.9 Å².